The molecule has 0 spiro atoms. The fourth-order valence-corrected chi connectivity index (χ4v) is 2.08. The second kappa shape index (κ2) is 5.64. The van der Waals surface area contributed by atoms with Crippen LogP contribution in [0.5, 0.6) is 5.75 Å². The molecule has 106 valence electrons. The van der Waals surface area contributed by atoms with Gasteiger partial charge in [0.1, 0.15) is 0 Å². The van der Waals surface area contributed by atoms with Crippen LogP contribution in [0.25, 0.3) is 10.9 Å². The molecule has 1 aromatic heterocycles. The number of rotatable bonds is 5. The lowest BCUT2D eigenvalue weighted by atomic mass is 10.2. The first-order valence-electron chi connectivity index (χ1n) is 6.15. The molecule has 0 amide bonds. The number of ether oxygens (including phenoxy) is 2. The van der Waals surface area contributed by atoms with Gasteiger partial charge in [-0.2, -0.15) is 0 Å². The monoisotopic (exact) mass is 277 g/mol. The van der Waals surface area contributed by atoms with Crippen LogP contribution in [-0.2, 0) is 16.6 Å². The number of aromatic nitrogens is 1. The number of carbonyl (C=O) groups excluding carboxylic acids is 1. The van der Waals surface area contributed by atoms with Crippen LogP contribution in [0.2, 0.25) is 0 Å². The normalized spacial score (nSPS) is 10.5. The zero-order valence-electron chi connectivity index (χ0n) is 11.3. The molecule has 0 atom stereocenters. The van der Waals surface area contributed by atoms with E-state index in [4.69, 9.17) is 9.47 Å². The van der Waals surface area contributed by atoms with E-state index in [-0.39, 0.29) is 24.7 Å². The molecule has 2 aromatic rings. The number of carboxylic acids is 1. The van der Waals surface area contributed by atoms with Gasteiger partial charge in [-0.25, -0.2) is 9.59 Å². The Kier molecular flexibility index (Phi) is 3.93. The van der Waals surface area contributed by atoms with Crippen LogP contribution in [0.4, 0.5) is 0 Å². The van der Waals surface area contributed by atoms with Crippen molar-refractivity contribution in [1.29, 1.82) is 0 Å². The van der Waals surface area contributed by atoms with Crippen molar-refractivity contribution < 1.29 is 24.2 Å². The molecule has 0 radical (unpaired) electrons. The molecular formula is C14H15NO5. The van der Waals surface area contributed by atoms with Crippen molar-refractivity contribution >= 4 is 22.8 Å². The number of fused-ring (bicyclic) bond motifs is 1. The first kappa shape index (κ1) is 13.9. The smallest absolute Gasteiger partial charge is 0.356 e. The molecule has 1 heterocycles. The Balaban J connectivity index is 2.42. The standard InChI is InChI=1S/C14H15NO5/c1-3-19-11(16)8-20-13-9-6-4-5-7-10(9)15(2)12(13)14(17)18/h4-7H,3,8H2,1-2H3,(H,17,18). The number of hydrogen-bond acceptors (Lipinski definition) is 4. The van der Waals surface area contributed by atoms with Crippen molar-refractivity contribution in [2.45, 2.75) is 6.92 Å². The summed E-state index contributed by atoms with van der Waals surface area (Å²) in [5, 5.41) is 9.95. The number of benzene rings is 1. The largest absolute Gasteiger partial charge is 0.479 e. The molecule has 6 nitrogen and oxygen atoms in total. The molecule has 0 saturated carbocycles. The molecule has 0 aliphatic rings. The Morgan fingerprint density at radius 1 is 1.30 bits per heavy atom. The molecule has 6 heteroatoms. The third-order valence-electron chi connectivity index (χ3n) is 2.90. The molecule has 1 N–H and O–H groups in total. The van der Waals surface area contributed by atoms with E-state index in [1.807, 2.05) is 6.07 Å². The second-order valence-electron chi connectivity index (χ2n) is 4.15. The van der Waals surface area contributed by atoms with E-state index in [0.29, 0.717) is 5.39 Å². The van der Waals surface area contributed by atoms with Crippen molar-refractivity contribution in [2.75, 3.05) is 13.2 Å². The van der Waals surface area contributed by atoms with E-state index in [2.05, 4.69) is 0 Å². The molecule has 20 heavy (non-hydrogen) atoms. The zero-order valence-corrected chi connectivity index (χ0v) is 11.3. The maximum atomic E-state index is 11.4. The summed E-state index contributed by atoms with van der Waals surface area (Å²) >= 11 is 0. The molecule has 0 aliphatic carbocycles. The van der Waals surface area contributed by atoms with E-state index in [1.165, 1.54) is 4.57 Å². The van der Waals surface area contributed by atoms with Crippen molar-refractivity contribution in [3.05, 3.63) is 30.0 Å². The molecule has 0 unspecified atom stereocenters. The minimum atomic E-state index is -1.11. The van der Waals surface area contributed by atoms with Crippen LogP contribution < -0.4 is 4.74 Å². The number of nitrogens with zero attached hydrogens (tertiary/aromatic N) is 1. The highest BCUT2D eigenvalue weighted by Gasteiger charge is 2.22. The highest BCUT2D eigenvalue weighted by molar-refractivity contribution is 6.01. The summed E-state index contributed by atoms with van der Waals surface area (Å²) in [5.74, 6) is -1.46. The number of hydrogen-bond donors (Lipinski definition) is 1. The van der Waals surface area contributed by atoms with Crippen molar-refractivity contribution in [2.24, 2.45) is 7.05 Å². The zero-order chi connectivity index (χ0) is 14.7. The number of carboxylic acid groups (broad SMARTS) is 1. The topological polar surface area (TPSA) is 77.8 Å². The second-order valence-corrected chi connectivity index (χ2v) is 4.15. The summed E-state index contributed by atoms with van der Waals surface area (Å²) in [6, 6.07) is 7.13. The van der Waals surface area contributed by atoms with Gasteiger partial charge in [0.15, 0.2) is 18.1 Å². The van der Waals surface area contributed by atoms with Gasteiger partial charge < -0.3 is 19.1 Å². The van der Waals surface area contributed by atoms with Crippen molar-refractivity contribution in [1.82, 2.24) is 4.57 Å². The summed E-state index contributed by atoms with van der Waals surface area (Å²) in [7, 11) is 1.64. The van der Waals surface area contributed by atoms with Gasteiger partial charge in [0, 0.05) is 12.4 Å². The predicted octanol–water partition coefficient (Wildman–Crippen LogP) is 1.82. The van der Waals surface area contributed by atoms with Gasteiger partial charge in [0.25, 0.3) is 0 Å². The molecule has 0 bridgehead atoms. The average molecular weight is 277 g/mol. The van der Waals surface area contributed by atoms with Gasteiger partial charge >= 0.3 is 11.9 Å². The van der Waals surface area contributed by atoms with Crippen LogP contribution in [0.1, 0.15) is 17.4 Å². The third kappa shape index (κ3) is 2.45. The number of aryl methyl sites for hydroxylation is 1. The van der Waals surface area contributed by atoms with E-state index >= 15 is 0 Å². The van der Waals surface area contributed by atoms with E-state index in [9.17, 15) is 14.7 Å². The Hall–Kier alpha value is -2.50. The molecule has 0 fully saturated rings. The molecule has 2 rings (SSSR count). The van der Waals surface area contributed by atoms with Gasteiger partial charge in [-0.15, -0.1) is 0 Å². The highest BCUT2D eigenvalue weighted by atomic mass is 16.6. The Labute approximate surface area is 115 Å². The highest BCUT2D eigenvalue weighted by Crippen LogP contribution is 2.32. The molecule has 0 saturated heterocycles. The third-order valence-corrected chi connectivity index (χ3v) is 2.90. The Morgan fingerprint density at radius 3 is 2.65 bits per heavy atom. The maximum Gasteiger partial charge on any atom is 0.356 e. The van der Waals surface area contributed by atoms with Crippen LogP contribution in [0.15, 0.2) is 24.3 Å². The maximum absolute atomic E-state index is 11.4. The van der Waals surface area contributed by atoms with Crippen LogP contribution in [0.3, 0.4) is 0 Å². The average Bonchev–Trinajstić information content (AvgIpc) is 2.70. The lowest BCUT2D eigenvalue weighted by Gasteiger charge is -2.06. The van der Waals surface area contributed by atoms with E-state index < -0.39 is 11.9 Å². The summed E-state index contributed by atoms with van der Waals surface area (Å²) in [6.45, 7) is 1.63. The fourth-order valence-electron chi connectivity index (χ4n) is 2.08. The van der Waals surface area contributed by atoms with Gasteiger partial charge in [0.2, 0.25) is 0 Å². The van der Waals surface area contributed by atoms with E-state index in [1.54, 1.807) is 32.2 Å². The quantitative estimate of drug-likeness (QED) is 0.843. The molecule has 0 aliphatic heterocycles. The van der Waals surface area contributed by atoms with Gasteiger partial charge in [0.05, 0.1) is 12.1 Å². The summed E-state index contributed by atoms with van der Waals surface area (Å²) in [6.07, 6.45) is 0. The van der Waals surface area contributed by atoms with E-state index in [0.717, 1.165) is 5.52 Å². The number of carbonyl (C=O) groups is 2. The van der Waals surface area contributed by atoms with Gasteiger partial charge in [-0.3, -0.25) is 0 Å². The Bertz CT molecular complexity index is 659. The van der Waals surface area contributed by atoms with Gasteiger partial charge in [-0.1, -0.05) is 12.1 Å². The lowest BCUT2D eigenvalue weighted by Crippen LogP contribution is -2.16. The van der Waals surface area contributed by atoms with Crippen molar-refractivity contribution in [3.8, 4) is 5.75 Å². The first-order valence-corrected chi connectivity index (χ1v) is 6.15. The minimum Gasteiger partial charge on any atom is -0.479 e. The number of esters is 1. The summed E-state index contributed by atoms with van der Waals surface area (Å²) < 4.78 is 11.7. The fraction of sp³-hybridized carbons (Fsp3) is 0.286. The van der Waals surface area contributed by atoms with Gasteiger partial charge in [-0.05, 0) is 19.1 Å². The number of aromatic carboxylic acids is 1. The molecular weight excluding hydrogens is 262 g/mol. The minimum absolute atomic E-state index is 0.00972. The number of para-hydroxylation sites is 1. The Morgan fingerprint density at radius 2 is 2.00 bits per heavy atom. The summed E-state index contributed by atoms with van der Waals surface area (Å²) in [4.78, 5) is 22.7. The SMILES string of the molecule is CCOC(=O)COc1c(C(=O)O)n(C)c2ccccc12. The van der Waals surface area contributed by atoms with Crippen LogP contribution in [-0.4, -0.2) is 34.8 Å². The lowest BCUT2D eigenvalue weighted by molar-refractivity contribution is -0.145. The predicted molar refractivity (Wildman–Crippen MR) is 72.0 cm³/mol. The summed E-state index contributed by atoms with van der Waals surface area (Å²) in [5.41, 5.74) is 0.735. The molecule has 1 aromatic carbocycles. The van der Waals surface area contributed by atoms with Crippen molar-refractivity contribution in [3.63, 3.8) is 0 Å². The van der Waals surface area contributed by atoms with Crippen LogP contribution in [0, 0.1) is 0 Å². The first-order chi connectivity index (χ1) is 9.56. The van der Waals surface area contributed by atoms with Crippen LogP contribution >= 0.6 is 0 Å².